The van der Waals surface area contributed by atoms with E-state index in [9.17, 15) is 5.11 Å². The fraction of sp³-hybridized carbons (Fsp3) is 0.714. The van der Waals surface area contributed by atoms with Gasteiger partial charge in [0, 0.05) is 0 Å². The minimum absolute atomic E-state index is 0.00138. The lowest BCUT2D eigenvalue weighted by atomic mass is 9.62. The first-order valence-electron chi connectivity index (χ1n) is 9.41. The Morgan fingerprint density at radius 1 is 1.16 bits per heavy atom. The van der Waals surface area contributed by atoms with Gasteiger partial charge in [-0.15, -0.1) is 0 Å². The van der Waals surface area contributed by atoms with E-state index in [1.807, 2.05) is 12.1 Å². The Bertz CT molecular complexity index is 622. The molecule has 25 heavy (non-hydrogen) atoms. The second kappa shape index (κ2) is 7.03. The van der Waals surface area contributed by atoms with Gasteiger partial charge in [-0.25, -0.2) is 0 Å². The van der Waals surface area contributed by atoms with Crippen molar-refractivity contribution in [3.63, 3.8) is 0 Å². The fourth-order valence-corrected chi connectivity index (χ4v) is 4.90. The van der Waals surface area contributed by atoms with Gasteiger partial charge in [-0.05, 0) is 74.0 Å². The third-order valence-electron chi connectivity index (χ3n) is 7.15. The molecule has 0 amide bonds. The summed E-state index contributed by atoms with van der Waals surface area (Å²) >= 11 is 12.4. The average molecular weight is 385 g/mol. The zero-order valence-electron chi connectivity index (χ0n) is 15.7. The lowest BCUT2D eigenvalue weighted by molar-refractivity contribution is -0.0655. The summed E-state index contributed by atoms with van der Waals surface area (Å²) in [5.74, 6) is 1.45. The molecule has 1 heterocycles. The van der Waals surface area contributed by atoms with E-state index in [0.717, 1.165) is 6.42 Å². The molecular weight excluding hydrogens is 355 g/mol. The summed E-state index contributed by atoms with van der Waals surface area (Å²) in [6.45, 7) is 8.93. The number of ether oxygens (including phenoxy) is 1. The number of halogens is 2. The van der Waals surface area contributed by atoms with Gasteiger partial charge < -0.3 is 9.84 Å². The number of aliphatic hydroxyl groups is 1. The van der Waals surface area contributed by atoms with Crippen LogP contribution in [0.4, 0.5) is 0 Å². The zero-order chi connectivity index (χ0) is 18.4. The molecule has 1 saturated carbocycles. The summed E-state index contributed by atoms with van der Waals surface area (Å²) in [7, 11) is 0. The number of rotatable bonds is 5. The molecule has 1 aliphatic carbocycles. The maximum Gasteiger partial charge on any atom is 0.0847 e. The highest BCUT2D eigenvalue weighted by Gasteiger charge is 2.55. The van der Waals surface area contributed by atoms with Gasteiger partial charge >= 0.3 is 0 Å². The van der Waals surface area contributed by atoms with Gasteiger partial charge in [-0.1, -0.05) is 49.5 Å². The summed E-state index contributed by atoms with van der Waals surface area (Å²) in [4.78, 5) is 0. The summed E-state index contributed by atoms with van der Waals surface area (Å²) in [5, 5.41) is 11.1. The topological polar surface area (TPSA) is 29.5 Å². The molecule has 1 saturated heterocycles. The molecule has 1 N–H and O–H groups in total. The summed E-state index contributed by atoms with van der Waals surface area (Å²) < 4.78 is 6.24. The number of benzene rings is 1. The average Bonchev–Trinajstić information content (AvgIpc) is 2.66. The molecule has 1 aromatic rings. The van der Waals surface area contributed by atoms with Crippen molar-refractivity contribution in [1.82, 2.24) is 0 Å². The molecule has 2 aliphatic rings. The predicted octanol–water partition coefficient (Wildman–Crippen LogP) is 6.08. The molecule has 0 radical (unpaired) electrons. The Hall–Kier alpha value is -0.280. The quantitative estimate of drug-likeness (QED) is 0.666. The van der Waals surface area contributed by atoms with Crippen molar-refractivity contribution in [3.05, 3.63) is 33.8 Å². The van der Waals surface area contributed by atoms with Gasteiger partial charge in [-0.3, -0.25) is 0 Å². The van der Waals surface area contributed by atoms with E-state index < -0.39 is 0 Å². The first kappa shape index (κ1) is 19.5. The largest absolute Gasteiger partial charge is 0.394 e. The highest BCUT2D eigenvalue weighted by Crippen LogP contribution is 2.55. The SMILES string of the molecule is CC1(C)OC(CO)C(CC(c2ccc(Cl)c(Cl)c2)C2CCC2)C1(C)C. The van der Waals surface area contributed by atoms with Crippen LogP contribution in [0, 0.1) is 17.3 Å². The first-order chi connectivity index (χ1) is 11.7. The van der Waals surface area contributed by atoms with Crippen molar-refractivity contribution in [3.8, 4) is 0 Å². The van der Waals surface area contributed by atoms with Crippen molar-refractivity contribution >= 4 is 23.2 Å². The Morgan fingerprint density at radius 2 is 1.84 bits per heavy atom. The molecular formula is C21H30Cl2O2. The monoisotopic (exact) mass is 384 g/mol. The Balaban J connectivity index is 1.91. The molecule has 0 aromatic heterocycles. The molecule has 140 valence electrons. The van der Waals surface area contributed by atoms with Crippen LogP contribution in [0.15, 0.2) is 18.2 Å². The van der Waals surface area contributed by atoms with Gasteiger partial charge in [-0.2, -0.15) is 0 Å². The van der Waals surface area contributed by atoms with E-state index >= 15 is 0 Å². The molecule has 3 unspecified atom stereocenters. The standard InChI is InChI=1S/C21H30Cl2O2/c1-20(2)16(19(12-24)25-21(20,3)4)11-15(13-6-5-7-13)14-8-9-17(22)18(23)10-14/h8-10,13,15-16,19,24H,5-7,11-12H2,1-4H3. The molecule has 0 spiro atoms. The summed E-state index contributed by atoms with van der Waals surface area (Å²) in [6.07, 6.45) is 4.76. The molecule has 2 fully saturated rings. The number of hydrogen-bond donors (Lipinski definition) is 1. The molecule has 2 nitrogen and oxygen atoms in total. The van der Waals surface area contributed by atoms with Crippen molar-refractivity contribution in [2.75, 3.05) is 6.61 Å². The van der Waals surface area contributed by atoms with Crippen molar-refractivity contribution in [1.29, 1.82) is 0 Å². The maximum absolute atomic E-state index is 9.91. The van der Waals surface area contributed by atoms with E-state index in [0.29, 0.717) is 27.8 Å². The minimum atomic E-state index is -0.243. The number of aliphatic hydroxyl groups excluding tert-OH is 1. The van der Waals surface area contributed by atoms with Crippen LogP contribution in [0.2, 0.25) is 10.0 Å². The molecule has 4 heteroatoms. The van der Waals surface area contributed by atoms with Gasteiger partial charge in [0.2, 0.25) is 0 Å². The fourth-order valence-electron chi connectivity index (χ4n) is 4.59. The Morgan fingerprint density at radius 3 is 2.36 bits per heavy atom. The van der Waals surface area contributed by atoms with Crippen molar-refractivity contribution in [2.24, 2.45) is 17.3 Å². The third kappa shape index (κ3) is 3.48. The van der Waals surface area contributed by atoms with E-state index in [1.165, 1.54) is 24.8 Å². The van der Waals surface area contributed by atoms with Crippen LogP contribution in [0.1, 0.15) is 64.9 Å². The zero-order valence-corrected chi connectivity index (χ0v) is 17.2. The maximum atomic E-state index is 9.91. The van der Waals surface area contributed by atoms with Crippen molar-refractivity contribution < 1.29 is 9.84 Å². The highest BCUT2D eigenvalue weighted by molar-refractivity contribution is 6.42. The van der Waals surface area contributed by atoms with Crippen LogP contribution in [-0.4, -0.2) is 23.4 Å². The van der Waals surface area contributed by atoms with Crippen LogP contribution in [0.25, 0.3) is 0 Å². The minimum Gasteiger partial charge on any atom is -0.394 e. The molecule has 3 atom stereocenters. The van der Waals surface area contributed by atoms with E-state index in [2.05, 4.69) is 33.8 Å². The smallest absolute Gasteiger partial charge is 0.0847 e. The normalized spacial score (nSPS) is 29.4. The van der Waals surface area contributed by atoms with E-state index in [1.54, 1.807) is 0 Å². The Labute approximate surface area is 161 Å². The molecule has 1 aliphatic heterocycles. The second-order valence-electron chi connectivity index (χ2n) is 8.88. The van der Waals surface area contributed by atoms with Crippen LogP contribution < -0.4 is 0 Å². The lowest BCUT2D eigenvalue weighted by Crippen LogP contribution is -2.39. The lowest BCUT2D eigenvalue weighted by Gasteiger charge is -2.41. The first-order valence-corrected chi connectivity index (χ1v) is 10.2. The second-order valence-corrected chi connectivity index (χ2v) is 9.70. The number of hydrogen-bond acceptors (Lipinski definition) is 2. The predicted molar refractivity (Wildman–Crippen MR) is 104 cm³/mol. The van der Waals surface area contributed by atoms with Crippen LogP contribution in [-0.2, 0) is 4.74 Å². The van der Waals surface area contributed by atoms with Gasteiger partial charge in [0.25, 0.3) is 0 Å². The van der Waals surface area contributed by atoms with Crippen LogP contribution >= 0.6 is 23.2 Å². The molecule has 3 rings (SSSR count). The van der Waals surface area contributed by atoms with Crippen molar-refractivity contribution in [2.45, 2.75) is 71.0 Å². The molecule has 1 aromatic carbocycles. The summed E-state index contributed by atoms with van der Waals surface area (Å²) in [6, 6.07) is 6.07. The third-order valence-corrected chi connectivity index (χ3v) is 7.89. The van der Waals surface area contributed by atoms with Gasteiger partial charge in [0.05, 0.1) is 28.4 Å². The van der Waals surface area contributed by atoms with E-state index in [4.69, 9.17) is 27.9 Å². The molecule has 0 bridgehead atoms. The Kier molecular flexibility index (Phi) is 5.48. The van der Waals surface area contributed by atoms with E-state index in [-0.39, 0.29) is 23.7 Å². The highest BCUT2D eigenvalue weighted by atomic mass is 35.5. The summed E-state index contributed by atoms with van der Waals surface area (Å²) in [5.41, 5.74) is 1.03. The van der Waals surface area contributed by atoms with Crippen LogP contribution in [0.3, 0.4) is 0 Å². The van der Waals surface area contributed by atoms with Crippen LogP contribution in [0.5, 0.6) is 0 Å². The van der Waals surface area contributed by atoms with Gasteiger partial charge in [0.15, 0.2) is 0 Å². The van der Waals surface area contributed by atoms with Gasteiger partial charge in [0.1, 0.15) is 0 Å².